The van der Waals surface area contributed by atoms with Crippen LogP contribution < -0.4 is 4.84 Å². The molecule has 0 aromatic heterocycles. The number of nitrogens with zero attached hydrogens (tertiary/aromatic N) is 1. The lowest BCUT2D eigenvalue weighted by atomic mass is 10.0. The Kier molecular flexibility index (Phi) is 5.26. The third kappa shape index (κ3) is 6.30. The third-order valence-corrected chi connectivity index (χ3v) is 2.94. The molecule has 80 valence electrons. The van der Waals surface area contributed by atoms with Crippen LogP contribution in [0.15, 0.2) is 0 Å². The van der Waals surface area contributed by atoms with E-state index in [1.807, 2.05) is 0 Å². The number of rotatable bonds is 6. The maximum absolute atomic E-state index is 5.64. The topological polar surface area (TPSA) is 12.0 Å². The standard InChI is InChI=1S/C10H24ClN2/c1-6-8-13(4,5)9-7-10(2,3)12-11/h12H,6-9H2,1-5H3/q+1. The van der Waals surface area contributed by atoms with E-state index in [0.717, 1.165) is 10.9 Å². The van der Waals surface area contributed by atoms with Gasteiger partial charge in [-0.25, -0.2) is 4.84 Å². The molecule has 1 N–H and O–H groups in total. The van der Waals surface area contributed by atoms with Crippen LogP contribution in [0.4, 0.5) is 0 Å². The van der Waals surface area contributed by atoms with Gasteiger partial charge in [0.2, 0.25) is 0 Å². The zero-order chi connectivity index (χ0) is 10.5. The fraction of sp³-hybridized carbons (Fsp3) is 1.00. The van der Waals surface area contributed by atoms with Crippen molar-refractivity contribution in [1.82, 2.24) is 4.84 Å². The van der Waals surface area contributed by atoms with E-state index in [0.29, 0.717) is 0 Å². The summed E-state index contributed by atoms with van der Waals surface area (Å²) in [7, 11) is 4.54. The summed E-state index contributed by atoms with van der Waals surface area (Å²) in [4.78, 5) is 2.82. The van der Waals surface area contributed by atoms with Crippen LogP contribution in [0.1, 0.15) is 33.6 Å². The van der Waals surface area contributed by atoms with E-state index >= 15 is 0 Å². The van der Waals surface area contributed by atoms with Gasteiger partial charge in [0, 0.05) is 12.0 Å². The predicted octanol–water partition coefficient (Wildman–Crippen LogP) is 2.38. The van der Waals surface area contributed by atoms with Crippen LogP contribution in [0.25, 0.3) is 0 Å². The lowest BCUT2D eigenvalue weighted by molar-refractivity contribution is -0.890. The van der Waals surface area contributed by atoms with Crippen molar-refractivity contribution >= 4 is 11.8 Å². The van der Waals surface area contributed by atoms with Gasteiger partial charge in [0.15, 0.2) is 0 Å². The first kappa shape index (κ1) is 13.2. The van der Waals surface area contributed by atoms with E-state index in [4.69, 9.17) is 11.8 Å². The third-order valence-electron chi connectivity index (χ3n) is 2.43. The summed E-state index contributed by atoms with van der Waals surface area (Å²) >= 11 is 5.64. The van der Waals surface area contributed by atoms with Crippen molar-refractivity contribution in [2.24, 2.45) is 0 Å². The van der Waals surface area contributed by atoms with Gasteiger partial charge in [-0.15, -0.1) is 0 Å². The van der Waals surface area contributed by atoms with Crippen LogP contribution in [-0.2, 0) is 0 Å². The molecule has 0 aliphatic carbocycles. The van der Waals surface area contributed by atoms with Gasteiger partial charge in [0.25, 0.3) is 0 Å². The van der Waals surface area contributed by atoms with Crippen molar-refractivity contribution in [2.45, 2.75) is 39.2 Å². The average molecular weight is 208 g/mol. The highest BCUT2D eigenvalue weighted by Crippen LogP contribution is 2.12. The molecule has 0 amide bonds. The zero-order valence-corrected chi connectivity index (χ0v) is 10.4. The highest BCUT2D eigenvalue weighted by Gasteiger charge is 2.22. The highest BCUT2D eigenvalue weighted by atomic mass is 35.5. The molecule has 2 nitrogen and oxygen atoms in total. The minimum Gasteiger partial charge on any atom is -0.328 e. The van der Waals surface area contributed by atoms with E-state index in [2.05, 4.69) is 39.7 Å². The quantitative estimate of drug-likeness (QED) is 0.521. The average Bonchev–Trinajstić information content (AvgIpc) is 2.02. The number of hydrogen-bond donors (Lipinski definition) is 1. The number of hydrogen-bond acceptors (Lipinski definition) is 1. The molecule has 0 unspecified atom stereocenters. The van der Waals surface area contributed by atoms with E-state index in [9.17, 15) is 0 Å². The molecule has 0 aliphatic rings. The van der Waals surface area contributed by atoms with E-state index < -0.39 is 0 Å². The van der Waals surface area contributed by atoms with Crippen molar-refractivity contribution in [3.63, 3.8) is 0 Å². The van der Waals surface area contributed by atoms with Gasteiger partial charge in [-0.05, 0) is 32.0 Å². The Bertz CT molecular complexity index is 144. The Balaban J connectivity index is 3.86. The minimum atomic E-state index is 0.0464. The second kappa shape index (κ2) is 5.18. The summed E-state index contributed by atoms with van der Waals surface area (Å²) in [6.45, 7) is 8.89. The van der Waals surface area contributed by atoms with Crippen molar-refractivity contribution < 1.29 is 4.48 Å². The van der Waals surface area contributed by atoms with Crippen LogP contribution in [0.2, 0.25) is 0 Å². The first-order valence-corrected chi connectivity index (χ1v) is 5.40. The molecule has 0 spiro atoms. The van der Waals surface area contributed by atoms with E-state index in [1.165, 1.54) is 19.5 Å². The SMILES string of the molecule is CCC[N+](C)(C)CCC(C)(C)NCl. The molecule has 3 heteroatoms. The number of quaternary nitrogens is 1. The molecule has 0 saturated heterocycles. The normalized spacial score (nSPS) is 13.4. The molecule has 0 radical (unpaired) electrons. The second-order valence-corrected chi connectivity index (χ2v) is 5.30. The van der Waals surface area contributed by atoms with Crippen molar-refractivity contribution in [2.75, 3.05) is 27.2 Å². The molecule has 0 aliphatic heterocycles. The predicted molar refractivity (Wildman–Crippen MR) is 59.8 cm³/mol. The van der Waals surface area contributed by atoms with Crippen molar-refractivity contribution in [1.29, 1.82) is 0 Å². The van der Waals surface area contributed by atoms with Gasteiger partial charge in [0.05, 0.1) is 27.2 Å². The van der Waals surface area contributed by atoms with E-state index in [1.54, 1.807) is 0 Å². The fourth-order valence-corrected chi connectivity index (χ4v) is 1.44. The zero-order valence-electron chi connectivity index (χ0n) is 9.65. The molecular weight excluding hydrogens is 184 g/mol. The summed E-state index contributed by atoms with van der Waals surface area (Å²) in [5, 5.41) is 0. The van der Waals surface area contributed by atoms with E-state index in [-0.39, 0.29) is 5.54 Å². The molecule has 0 bridgehead atoms. The van der Waals surface area contributed by atoms with Gasteiger partial charge in [-0.1, -0.05) is 6.92 Å². The highest BCUT2D eigenvalue weighted by molar-refractivity contribution is 6.13. The summed E-state index contributed by atoms with van der Waals surface area (Å²) in [6, 6.07) is 0. The summed E-state index contributed by atoms with van der Waals surface area (Å²) < 4.78 is 1.08. The first-order valence-electron chi connectivity index (χ1n) is 5.03. The first-order chi connectivity index (χ1) is 5.83. The van der Waals surface area contributed by atoms with Gasteiger partial charge < -0.3 is 4.48 Å². The van der Waals surface area contributed by atoms with Crippen LogP contribution in [0.5, 0.6) is 0 Å². The van der Waals surface area contributed by atoms with Crippen molar-refractivity contribution in [3.8, 4) is 0 Å². The Morgan fingerprint density at radius 3 is 2.15 bits per heavy atom. The van der Waals surface area contributed by atoms with Crippen molar-refractivity contribution in [3.05, 3.63) is 0 Å². The van der Waals surface area contributed by atoms with Gasteiger partial charge in [0.1, 0.15) is 0 Å². The molecule has 0 saturated carbocycles. The van der Waals surface area contributed by atoms with Crippen LogP contribution in [-0.4, -0.2) is 37.2 Å². The lowest BCUT2D eigenvalue weighted by Crippen LogP contribution is -2.45. The fourth-order valence-electron chi connectivity index (χ4n) is 1.35. The molecule has 0 atom stereocenters. The molecule has 0 fully saturated rings. The van der Waals surface area contributed by atoms with Gasteiger partial charge in [-0.3, -0.25) is 0 Å². The second-order valence-electron chi connectivity index (χ2n) is 5.11. The molecule has 0 rings (SSSR count). The number of nitrogens with one attached hydrogen (secondary N) is 1. The minimum absolute atomic E-state index is 0.0464. The maximum Gasteiger partial charge on any atom is 0.0800 e. The molecular formula is C10H24ClN2+. The molecule has 0 aromatic rings. The largest absolute Gasteiger partial charge is 0.328 e. The smallest absolute Gasteiger partial charge is 0.0800 e. The molecule has 13 heavy (non-hydrogen) atoms. The summed E-state index contributed by atoms with van der Waals surface area (Å²) in [5.74, 6) is 0. The Labute approximate surface area is 88.0 Å². The van der Waals surface area contributed by atoms with Gasteiger partial charge in [-0.2, -0.15) is 0 Å². The van der Waals surface area contributed by atoms with Crippen LogP contribution in [0, 0.1) is 0 Å². The van der Waals surface area contributed by atoms with Crippen LogP contribution >= 0.6 is 11.8 Å². The summed E-state index contributed by atoms with van der Waals surface area (Å²) in [6.07, 6.45) is 2.34. The summed E-state index contributed by atoms with van der Waals surface area (Å²) in [5.41, 5.74) is 0.0464. The Hall–Kier alpha value is 0.210. The maximum atomic E-state index is 5.64. The monoisotopic (exact) mass is 207 g/mol. The molecule has 0 heterocycles. The Morgan fingerprint density at radius 2 is 1.77 bits per heavy atom. The lowest BCUT2D eigenvalue weighted by Gasteiger charge is -2.33. The Morgan fingerprint density at radius 1 is 1.23 bits per heavy atom. The van der Waals surface area contributed by atoms with Crippen LogP contribution in [0.3, 0.4) is 0 Å². The van der Waals surface area contributed by atoms with Gasteiger partial charge >= 0.3 is 0 Å². The number of halogens is 1. The molecule has 0 aromatic carbocycles.